The van der Waals surface area contributed by atoms with Gasteiger partial charge >= 0.3 is 6.03 Å². The first-order valence-electron chi connectivity index (χ1n) is 11.8. The molecule has 1 spiro atoms. The van der Waals surface area contributed by atoms with E-state index in [2.05, 4.69) is 9.80 Å². The van der Waals surface area contributed by atoms with Crippen molar-refractivity contribution in [3.05, 3.63) is 30.1 Å². The van der Waals surface area contributed by atoms with Crippen molar-refractivity contribution in [3.8, 4) is 0 Å². The van der Waals surface area contributed by atoms with E-state index in [-0.39, 0.29) is 29.2 Å². The number of amides is 3. The third-order valence-corrected chi connectivity index (χ3v) is 7.66. The van der Waals surface area contributed by atoms with E-state index in [1.165, 1.54) is 12.1 Å². The molecule has 176 valence electrons. The molecule has 3 aliphatic heterocycles. The molecule has 0 radical (unpaired) electrons. The number of halogens is 1. The summed E-state index contributed by atoms with van der Waals surface area (Å²) in [6.07, 6.45) is 3.42. The number of benzene rings is 1. The molecule has 3 amide bonds. The van der Waals surface area contributed by atoms with Crippen LogP contribution in [0.1, 0.15) is 25.7 Å². The first-order chi connectivity index (χ1) is 15.3. The van der Waals surface area contributed by atoms with Gasteiger partial charge in [-0.3, -0.25) is 9.69 Å². The van der Waals surface area contributed by atoms with E-state index in [1.807, 2.05) is 29.0 Å². The predicted molar refractivity (Wildman–Crippen MR) is 123 cm³/mol. The summed E-state index contributed by atoms with van der Waals surface area (Å²) in [6.45, 7) is 6.14. The number of urea groups is 1. The smallest absolute Gasteiger partial charge is 0.319 e. The van der Waals surface area contributed by atoms with Gasteiger partial charge in [0.2, 0.25) is 5.91 Å². The minimum Gasteiger partial charge on any atom is -0.369 e. The molecule has 0 unspecified atom stereocenters. The molecule has 1 atom stereocenters. The standard InChI is InChI=1S/C24H36FN5O2/c1-26(2)23(32)30-12-9-24(10-13-30)18-21(27(3)22(24)31)8-11-28-14-16-29(17-15-28)20-6-4-19(25)5-7-20/h4-7,21H,8-18H2,1-3H3/t21-/m0/s1. The summed E-state index contributed by atoms with van der Waals surface area (Å²) in [5.74, 6) is 0.0657. The molecule has 4 rings (SSSR count). The summed E-state index contributed by atoms with van der Waals surface area (Å²) in [5.41, 5.74) is 0.789. The largest absolute Gasteiger partial charge is 0.369 e. The van der Waals surface area contributed by atoms with Gasteiger partial charge in [-0.2, -0.15) is 0 Å². The van der Waals surface area contributed by atoms with E-state index in [1.54, 1.807) is 19.0 Å². The van der Waals surface area contributed by atoms with Crippen LogP contribution in [0.3, 0.4) is 0 Å². The third kappa shape index (κ3) is 4.56. The first-order valence-corrected chi connectivity index (χ1v) is 11.8. The fourth-order valence-electron chi connectivity index (χ4n) is 5.55. The molecule has 0 aliphatic carbocycles. The summed E-state index contributed by atoms with van der Waals surface area (Å²) in [6, 6.07) is 7.04. The quantitative estimate of drug-likeness (QED) is 0.714. The Bertz CT molecular complexity index is 814. The zero-order chi connectivity index (χ0) is 22.9. The molecule has 1 aromatic carbocycles. The molecule has 3 saturated heterocycles. The number of hydrogen-bond acceptors (Lipinski definition) is 4. The van der Waals surface area contributed by atoms with Crippen LogP contribution in [0.2, 0.25) is 0 Å². The Morgan fingerprint density at radius 1 is 1.06 bits per heavy atom. The van der Waals surface area contributed by atoms with Gasteiger partial charge in [-0.25, -0.2) is 9.18 Å². The van der Waals surface area contributed by atoms with Crippen molar-refractivity contribution < 1.29 is 14.0 Å². The lowest BCUT2D eigenvalue weighted by Gasteiger charge is -2.38. The number of carbonyl (C=O) groups is 2. The Hall–Kier alpha value is -2.35. The molecule has 3 aliphatic rings. The molecule has 32 heavy (non-hydrogen) atoms. The molecular weight excluding hydrogens is 409 g/mol. The maximum Gasteiger partial charge on any atom is 0.319 e. The highest BCUT2D eigenvalue weighted by Gasteiger charge is 2.51. The number of piperazine rings is 1. The minimum atomic E-state index is -0.288. The Kier molecular flexibility index (Phi) is 6.60. The van der Waals surface area contributed by atoms with Crippen molar-refractivity contribution >= 4 is 17.6 Å². The second-order valence-electron chi connectivity index (χ2n) is 9.81. The monoisotopic (exact) mass is 445 g/mol. The number of carbonyl (C=O) groups excluding carboxylic acids is 2. The number of piperidine rings is 1. The van der Waals surface area contributed by atoms with Crippen molar-refractivity contribution in [2.24, 2.45) is 5.41 Å². The topological polar surface area (TPSA) is 50.3 Å². The van der Waals surface area contributed by atoms with Crippen molar-refractivity contribution in [1.82, 2.24) is 19.6 Å². The third-order valence-electron chi connectivity index (χ3n) is 7.66. The zero-order valence-corrected chi connectivity index (χ0v) is 19.6. The van der Waals surface area contributed by atoms with Crippen LogP contribution in [0, 0.1) is 11.2 Å². The van der Waals surface area contributed by atoms with Crippen molar-refractivity contribution in [3.63, 3.8) is 0 Å². The minimum absolute atomic E-state index is 0.0370. The van der Waals surface area contributed by atoms with Crippen LogP contribution in [0.15, 0.2) is 24.3 Å². The molecule has 3 heterocycles. The number of rotatable bonds is 4. The van der Waals surface area contributed by atoms with E-state index >= 15 is 0 Å². The van der Waals surface area contributed by atoms with Gasteiger partial charge in [0, 0.05) is 78.7 Å². The van der Waals surface area contributed by atoms with Crippen LogP contribution >= 0.6 is 0 Å². The van der Waals surface area contributed by atoms with Crippen LogP contribution in [0.5, 0.6) is 0 Å². The molecule has 0 aromatic heterocycles. The molecule has 0 saturated carbocycles. The Balaban J connectivity index is 1.26. The first kappa shape index (κ1) is 22.8. The van der Waals surface area contributed by atoms with Gasteiger partial charge in [-0.1, -0.05) is 0 Å². The van der Waals surface area contributed by atoms with E-state index in [0.29, 0.717) is 13.1 Å². The highest BCUT2D eigenvalue weighted by atomic mass is 19.1. The van der Waals surface area contributed by atoms with E-state index in [4.69, 9.17) is 0 Å². The maximum absolute atomic E-state index is 13.2. The summed E-state index contributed by atoms with van der Waals surface area (Å²) in [4.78, 5) is 35.6. The highest BCUT2D eigenvalue weighted by Crippen LogP contribution is 2.44. The van der Waals surface area contributed by atoms with Gasteiger partial charge in [0.15, 0.2) is 0 Å². The zero-order valence-electron chi connectivity index (χ0n) is 19.6. The summed E-state index contributed by atoms with van der Waals surface area (Å²) < 4.78 is 13.2. The van der Waals surface area contributed by atoms with Crippen LogP contribution in [-0.4, -0.2) is 105 Å². The molecule has 0 bridgehead atoms. The lowest BCUT2D eigenvalue weighted by atomic mass is 9.75. The van der Waals surface area contributed by atoms with E-state index in [0.717, 1.165) is 64.1 Å². The van der Waals surface area contributed by atoms with Gasteiger partial charge in [-0.05, 0) is 49.9 Å². The van der Waals surface area contributed by atoms with Gasteiger partial charge < -0.3 is 19.6 Å². The van der Waals surface area contributed by atoms with Crippen LogP contribution in [0.4, 0.5) is 14.9 Å². The van der Waals surface area contributed by atoms with Crippen molar-refractivity contribution in [1.29, 1.82) is 0 Å². The van der Waals surface area contributed by atoms with Gasteiger partial charge in [0.1, 0.15) is 5.82 Å². The SMILES string of the molecule is CN(C)C(=O)N1CCC2(CC1)C[C@H](CCN1CCN(c3ccc(F)cc3)CC1)N(C)C2=O. The molecule has 1 aromatic rings. The lowest BCUT2D eigenvalue weighted by Crippen LogP contribution is -2.49. The van der Waals surface area contributed by atoms with E-state index < -0.39 is 0 Å². The average molecular weight is 446 g/mol. The number of anilines is 1. The van der Waals surface area contributed by atoms with Crippen molar-refractivity contribution in [2.75, 3.05) is 71.9 Å². The normalized spacial score (nSPS) is 23.8. The molecule has 0 N–H and O–H groups in total. The Morgan fingerprint density at radius 2 is 1.69 bits per heavy atom. The average Bonchev–Trinajstić information content (AvgIpc) is 3.03. The number of hydrogen-bond donors (Lipinski definition) is 0. The molecular formula is C24H36FN5O2. The summed E-state index contributed by atoms with van der Waals surface area (Å²) >= 11 is 0. The Morgan fingerprint density at radius 3 is 2.28 bits per heavy atom. The number of likely N-dealkylation sites (tertiary alicyclic amines) is 2. The fourth-order valence-corrected chi connectivity index (χ4v) is 5.55. The molecule has 3 fully saturated rings. The van der Waals surface area contributed by atoms with Crippen LogP contribution in [0.25, 0.3) is 0 Å². The van der Waals surface area contributed by atoms with Gasteiger partial charge in [0.25, 0.3) is 0 Å². The molecule has 8 heteroatoms. The highest BCUT2D eigenvalue weighted by molar-refractivity contribution is 5.85. The van der Waals surface area contributed by atoms with Gasteiger partial charge in [-0.15, -0.1) is 0 Å². The fraction of sp³-hybridized carbons (Fsp3) is 0.667. The van der Waals surface area contributed by atoms with Gasteiger partial charge in [0.05, 0.1) is 5.41 Å². The second-order valence-corrected chi connectivity index (χ2v) is 9.81. The Labute approximate surface area is 190 Å². The van der Waals surface area contributed by atoms with E-state index in [9.17, 15) is 14.0 Å². The maximum atomic E-state index is 13.2. The summed E-state index contributed by atoms with van der Waals surface area (Å²) in [7, 11) is 5.50. The van der Waals surface area contributed by atoms with Crippen LogP contribution < -0.4 is 4.90 Å². The number of nitrogens with zero attached hydrogens (tertiary/aromatic N) is 5. The second kappa shape index (κ2) is 9.25. The lowest BCUT2D eigenvalue weighted by molar-refractivity contribution is -0.137. The summed E-state index contributed by atoms with van der Waals surface area (Å²) in [5, 5.41) is 0. The molecule has 7 nitrogen and oxygen atoms in total. The predicted octanol–water partition coefficient (Wildman–Crippen LogP) is 2.33. The van der Waals surface area contributed by atoms with Crippen molar-refractivity contribution in [2.45, 2.75) is 31.7 Å². The van der Waals surface area contributed by atoms with Crippen LogP contribution in [-0.2, 0) is 4.79 Å².